The van der Waals surface area contributed by atoms with Crippen molar-refractivity contribution in [3.05, 3.63) is 59.4 Å². The first-order valence-corrected chi connectivity index (χ1v) is 8.80. The molecule has 1 aromatic heterocycles. The molecule has 6 heteroatoms. The van der Waals surface area contributed by atoms with E-state index in [0.717, 1.165) is 41.7 Å². The number of β-amino-alcohol motifs (C(OH)–C–C–N with tert-alkyl or cyclic N) is 1. The van der Waals surface area contributed by atoms with Gasteiger partial charge in [0, 0.05) is 19.0 Å². The Balaban J connectivity index is 1.47. The number of nitrogens with zero attached hydrogens (tertiary/aromatic N) is 3. The van der Waals surface area contributed by atoms with Crippen molar-refractivity contribution in [2.75, 3.05) is 13.1 Å². The first kappa shape index (κ1) is 15.6. The standard InChI is InChI=1S/C18H18FN3OS/c19-14-6-4-12(5-7-14)15-8-9-22(11-17(15)23)10-13-2-1-3-16-18(13)21-24-20-16/h1-7,15,17,23H,8-11H2/t15-,17+/m0/s1. The van der Waals surface area contributed by atoms with Crippen molar-refractivity contribution in [2.45, 2.75) is 25.0 Å². The van der Waals surface area contributed by atoms with E-state index in [0.29, 0.717) is 6.54 Å². The van der Waals surface area contributed by atoms with E-state index in [4.69, 9.17) is 0 Å². The van der Waals surface area contributed by atoms with Crippen LogP contribution in [0, 0.1) is 5.82 Å². The van der Waals surface area contributed by atoms with Gasteiger partial charge >= 0.3 is 0 Å². The van der Waals surface area contributed by atoms with E-state index in [1.165, 1.54) is 23.9 Å². The second kappa shape index (κ2) is 6.55. The van der Waals surface area contributed by atoms with Crippen molar-refractivity contribution in [2.24, 2.45) is 0 Å². The minimum Gasteiger partial charge on any atom is -0.391 e. The van der Waals surface area contributed by atoms with Gasteiger partial charge in [-0.15, -0.1) is 0 Å². The number of aliphatic hydroxyl groups is 1. The van der Waals surface area contributed by atoms with Gasteiger partial charge in [-0.1, -0.05) is 24.3 Å². The predicted octanol–water partition coefficient (Wildman–Crippen LogP) is 3.18. The molecule has 0 aliphatic carbocycles. The molecule has 1 aliphatic rings. The fourth-order valence-corrected chi connectivity index (χ4v) is 4.04. The minimum absolute atomic E-state index is 0.0681. The lowest BCUT2D eigenvalue weighted by Gasteiger charge is -2.36. The molecule has 0 bridgehead atoms. The molecule has 0 radical (unpaired) electrons. The summed E-state index contributed by atoms with van der Waals surface area (Å²) in [6.45, 7) is 2.26. The zero-order chi connectivity index (χ0) is 16.5. The second-order valence-corrected chi connectivity index (χ2v) is 6.83. The average molecular weight is 343 g/mol. The Labute approximate surface area is 143 Å². The van der Waals surface area contributed by atoms with Gasteiger partial charge in [-0.2, -0.15) is 8.75 Å². The molecule has 0 unspecified atom stereocenters. The number of likely N-dealkylation sites (tertiary alicyclic amines) is 1. The molecule has 0 amide bonds. The van der Waals surface area contributed by atoms with Gasteiger partial charge < -0.3 is 5.11 Å². The summed E-state index contributed by atoms with van der Waals surface area (Å²) in [5, 5.41) is 10.6. The number of rotatable bonds is 3. The number of aromatic nitrogens is 2. The van der Waals surface area contributed by atoms with Crippen molar-refractivity contribution in [3.8, 4) is 0 Å². The SMILES string of the molecule is O[C@@H]1CN(Cc2cccc3nsnc23)CC[C@H]1c1ccc(F)cc1. The number of aliphatic hydroxyl groups excluding tert-OH is 1. The van der Waals surface area contributed by atoms with Gasteiger partial charge in [0.25, 0.3) is 0 Å². The van der Waals surface area contributed by atoms with Crippen molar-refractivity contribution >= 4 is 22.8 Å². The summed E-state index contributed by atoms with van der Waals surface area (Å²) in [6, 6.07) is 12.5. The van der Waals surface area contributed by atoms with E-state index >= 15 is 0 Å². The van der Waals surface area contributed by atoms with E-state index in [1.54, 1.807) is 12.1 Å². The zero-order valence-electron chi connectivity index (χ0n) is 13.1. The van der Waals surface area contributed by atoms with Crippen LogP contribution in [0.5, 0.6) is 0 Å². The third-order valence-electron chi connectivity index (χ3n) is 4.73. The zero-order valence-corrected chi connectivity index (χ0v) is 13.9. The first-order chi connectivity index (χ1) is 11.7. The lowest BCUT2D eigenvalue weighted by molar-refractivity contribution is 0.0478. The number of hydrogen-bond donors (Lipinski definition) is 1. The third-order valence-corrected chi connectivity index (χ3v) is 5.27. The van der Waals surface area contributed by atoms with Crippen molar-refractivity contribution < 1.29 is 9.50 Å². The van der Waals surface area contributed by atoms with Crippen LogP contribution in [0.25, 0.3) is 11.0 Å². The summed E-state index contributed by atoms with van der Waals surface area (Å²) in [7, 11) is 0. The summed E-state index contributed by atoms with van der Waals surface area (Å²) < 4.78 is 21.7. The second-order valence-electron chi connectivity index (χ2n) is 6.30. The van der Waals surface area contributed by atoms with Crippen LogP contribution < -0.4 is 0 Å². The Bertz CT molecular complexity index is 836. The topological polar surface area (TPSA) is 49.2 Å². The molecular formula is C18H18FN3OS. The third kappa shape index (κ3) is 3.05. The Morgan fingerprint density at radius 3 is 2.79 bits per heavy atom. The van der Waals surface area contributed by atoms with Gasteiger partial charge in [-0.3, -0.25) is 4.90 Å². The quantitative estimate of drug-likeness (QED) is 0.793. The van der Waals surface area contributed by atoms with E-state index in [1.807, 2.05) is 12.1 Å². The highest BCUT2D eigenvalue weighted by molar-refractivity contribution is 7.00. The van der Waals surface area contributed by atoms with Gasteiger partial charge in [-0.05, 0) is 42.3 Å². The molecule has 2 aromatic carbocycles. The fraction of sp³-hybridized carbons (Fsp3) is 0.333. The van der Waals surface area contributed by atoms with Crippen LogP contribution in [-0.4, -0.2) is 37.9 Å². The fourth-order valence-electron chi connectivity index (χ4n) is 3.47. The van der Waals surface area contributed by atoms with Crippen LogP contribution in [0.15, 0.2) is 42.5 Å². The molecule has 1 fully saturated rings. The first-order valence-electron chi connectivity index (χ1n) is 8.07. The van der Waals surface area contributed by atoms with E-state index in [2.05, 4.69) is 19.7 Å². The van der Waals surface area contributed by atoms with Gasteiger partial charge in [0.05, 0.1) is 17.8 Å². The maximum Gasteiger partial charge on any atom is 0.123 e. The number of halogens is 1. The number of fused-ring (bicyclic) bond motifs is 1. The van der Waals surface area contributed by atoms with E-state index < -0.39 is 6.10 Å². The maximum atomic E-state index is 13.1. The Hall–Kier alpha value is -1.89. The molecule has 4 nitrogen and oxygen atoms in total. The van der Waals surface area contributed by atoms with Crippen LogP contribution in [0.3, 0.4) is 0 Å². The van der Waals surface area contributed by atoms with Crippen molar-refractivity contribution in [3.63, 3.8) is 0 Å². The summed E-state index contributed by atoms with van der Waals surface area (Å²) in [6.07, 6.45) is 0.412. The maximum absolute atomic E-state index is 13.1. The molecule has 1 N–H and O–H groups in total. The molecule has 1 aliphatic heterocycles. The Morgan fingerprint density at radius 2 is 2.00 bits per heavy atom. The lowest BCUT2D eigenvalue weighted by Crippen LogP contribution is -2.42. The largest absolute Gasteiger partial charge is 0.391 e. The highest BCUT2D eigenvalue weighted by Gasteiger charge is 2.29. The smallest absolute Gasteiger partial charge is 0.123 e. The van der Waals surface area contributed by atoms with Gasteiger partial charge in [-0.25, -0.2) is 4.39 Å². The Morgan fingerprint density at radius 1 is 1.17 bits per heavy atom. The van der Waals surface area contributed by atoms with Crippen LogP contribution >= 0.6 is 11.7 Å². The highest BCUT2D eigenvalue weighted by atomic mass is 32.1. The molecule has 0 spiro atoms. The normalized spacial score (nSPS) is 22.1. The molecule has 3 aromatic rings. The van der Waals surface area contributed by atoms with Crippen LogP contribution in [0.2, 0.25) is 0 Å². The average Bonchev–Trinajstić information content (AvgIpc) is 3.06. The molecule has 124 valence electrons. The van der Waals surface area contributed by atoms with Crippen LogP contribution in [-0.2, 0) is 6.54 Å². The van der Waals surface area contributed by atoms with Crippen molar-refractivity contribution in [1.29, 1.82) is 0 Å². The molecule has 24 heavy (non-hydrogen) atoms. The predicted molar refractivity (Wildman–Crippen MR) is 92.5 cm³/mol. The van der Waals surface area contributed by atoms with E-state index in [9.17, 15) is 9.50 Å². The molecule has 0 saturated carbocycles. The van der Waals surface area contributed by atoms with Crippen molar-refractivity contribution in [1.82, 2.24) is 13.6 Å². The van der Waals surface area contributed by atoms with Crippen LogP contribution in [0.4, 0.5) is 4.39 Å². The van der Waals surface area contributed by atoms with Crippen LogP contribution in [0.1, 0.15) is 23.5 Å². The summed E-state index contributed by atoms with van der Waals surface area (Å²) in [4.78, 5) is 2.25. The van der Waals surface area contributed by atoms with Gasteiger partial charge in [0.2, 0.25) is 0 Å². The number of piperidine rings is 1. The van der Waals surface area contributed by atoms with E-state index in [-0.39, 0.29) is 11.7 Å². The summed E-state index contributed by atoms with van der Waals surface area (Å²) in [5.74, 6) is -0.172. The molecular weight excluding hydrogens is 325 g/mol. The van der Waals surface area contributed by atoms with Gasteiger partial charge in [0.1, 0.15) is 16.9 Å². The summed E-state index contributed by atoms with van der Waals surface area (Å²) in [5.41, 5.74) is 4.04. The monoisotopic (exact) mass is 343 g/mol. The Kier molecular flexibility index (Phi) is 4.26. The summed E-state index contributed by atoms with van der Waals surface area (Å²) >= 11 is 1.23. The molecule has 2 atom stereocenters. The molecule has 2 heterocycles. The number of hydrogen-bond acceptors (Lipinski definition) is 5. The number of benzene rings is 2. The lowest BCUT2D eigenvalue weighted by atomic mass is 9.87. The van der Waals surface area contributed by atoms with Gasteiger partial charge in [0.15, 0.2) is 0 Å². The molecule has 4 rings (SSSR count). The minimum atomic E-state index is -0.447. The highest BCUT2D eigenvalue weighted by Crippen LogP contribution is 2.30. The molecule has 1 saturated heterocycles.